The lowest BCUT2D eigenvalue weighted by molar-refractivity contribution is -0.298. The molecule has 1 aromatic carbocycles. The number of carbonyl (C=O) groups is 3. The van der Waals surface area contributed by atoms with Crippen molar-refractivity contribution in [2.75, 3.05) is 0 Å². The van der Waals surface area contributed by atoms with Crippen molar-refractivity contribution in [2.24, 2.45) is 0 Å². The molecule has 7 nitrogen and oxygen atoms in total. The quantitative estimate of drug-likeness (QED) is 0.500. The van der Waals surface area contributed by atoms with Gasteiger partial charge in [-0.05, 0) is 24.3 Å². The third kappa shape index (κ3) is 2.49. The number of nitrogens with zero attached hydrogens (tertiary/aromatic N) is 1. The number of furan rings is 1. The molecule has 0 saturated heterocycles. The topological polar surface area (TPSA) is 123 Å². The second-order valence-corrected chi connectivity index (χ2v) is 4.70. The summed E-state index contributed by atoms with van der Waals surface area (Å²) in [7, 11) is 0. The molecule has 0 unspecified atom stereocenters. The van der Waals surface area contributed by atoms with Gasteiger partial charge in [0.05, 0.1) is 22.7 Å². The van der Waals surface area contributed by atoms with Crippen molar-refractivity contribution in [3.63, 3.8) is 0 Å². The lowest BCUT2D eigenvalue weighted by Crippen LogP contribution is -2.23. The van der Waals surface area contributed by atoms with Crippen LogP contribution in [0.15, 0.2) is 40.3 Å². The second-order valence-electron chi connectivity index (χ2n) is 4.70. The van der Waals surface area contributed by atoms with Crippen LogP contribution >= 0.6 is 0 Å². The molecule has 1 N–H and O–H groups in total. The van der Waals surface area contributed by atoms with Gasteiger partial charge in [0.15, 0.2) is 0 Å². The number of rotatable bonds is 3. The van der Waals surface area contributed by atoms with Crippen LogP contribution in [0.1, 0.15) is 26.5 Å². The summed E-state index contributed by atoms with van der Waals surface area (Å²) in [4.78, 5) is 33.8. The number of amides is 2. The predicted molar refractivity (Wildman–Crippen MR) is 74.5 cm³/mol. The van der Waals surface area contributed by atoms with Crippen LogP contribution in [-0.2, 0) is 4.79 Å². The molecule has 0 fully saturated rings. The van der Waals surface area contributed by atoms with E-state index < -0.39 is 23.4 Å². The predicted octanol–water partition coefficient (Wildman–Crippen LogP) is 0.487. The molecule has 0 saturated carbocycles. The maximum Gasteiger partial charge on any atom is 0.258 e. The fourth-order valence-electron chi connectivity index (χ4n) is 2.19. The third-order valence-corrected chi connectivity index (χ3v) is 3.27. The smallest absolute Gasteiger partial charge is 0.258 e. The fourth-order valence-corrected chi connectivity index (χ4v) is 2.19. The third-order valence-electron chi connectivity index (χ3n) is 3.27. The van der Waals surface area contributed by atoms with Crippen molar-refractivity contribution in [1.29, 1.82) is 5.26 Å². The van der Waals surface area contributed by atoms with Gasteiger partial charge < -0.3 is 14.3 Å². The first-order valence-corrected chi connectivity index (χ1v) is 6.42. The fraction of sp³-hybridized carbons (Fsp3) is 0. The van der Waals surface area contributed by atoms with E-state index in [9.17, 15) is 19.5 Å². The number of benzene rings is 1. The van der Waals surface area contributed by atoms with E-state index in [1.54, 1.807) is 12.1 Å². The maximum absolute atomic E-state index is 11.6. The van der Waals surface area contributed by atoms with Gasteiger partial charge in [-0.25, -0.2) is 0 Å². The molecule has 0 aliphatic carbocycles. The molecule has 1 aliphatic heterocycles. The van der Waals surface area contributed by atoms with Crippen LogP contribution in [0.3, 0.4) is 0 Å². The Balaban J connectivity index is 1.98. The van der Waals surface area contributed by atoms with E-state index in [1.807, 2.05) is 0 Å². The largest absolute Gasteiger partial charge is 0.544 e. The number of nitrogens with one attached hydrogen (secondary N) is 1. The Bertz CT molecular complexity index is 930. The molecular formula is C16H7N2O5-. The number of hydrogen-bond donors (Lipinski definition) is 1. The van der Waals surface area contributed by atoms with Crippen LogP contribution in [0.2, 0.25) is 0 Å². The van der Waals surface area contributed by atoms with Gasteiger partial charge in [-0.2, -0.15) is 5.26 Å². The average Bonchev–Trinajstić information content (AvgIpc) is 3.10. The highest BCUT2D eigenvalue weighted by atomic mass is 16.4. The first kappa shape index (κ1) is 14.3. The minimum Gasteiger partial charge on any atom is -0.544 e. The Morgan fingerprint density at radius 1 is 1.17 bits per heavy atom. The van der Waals surface area contributed by atoms with Crippen molar-refractivity contribution < 1.29 is 23.9 Å². The van der Waals surface area contributed by atoms with Crippen molar-refractivity contribution in [1.82, 2.24) is 5.32 Å². The maximum atomic E-state index is 11.6. The van der Waals surface area contributed by atoms with E-state index in [0.29, 0.717) is 11.3 Å². The molecular weight excluding hydrogens is 300 g/mol. The van der Waals surface area contributed by atoms with Gasteiger partial charge in [0.25, 0.3) is 11.8 Å². The van der Waals surface area contributed by atoms with Gasteiger partial charge in [0.2, 0.25) is 0 Å². The van der Waals surface area contributed by atoms with Crippen LogP contribution in [0, 0.1) is 11.3 Å². The van der Waals surface area contributed by atoms with E-state index in [2.05, 4.69) is 5.32 Å². The molecule has 1 aliphatic rings. The number of carboxylic acids is 1. The molecule has 23 heavy (non-hydrogen) atoms. The lowest BCUT2D eigenvalue weighted by Gasteiger charge is -2.00. The average molecular weight is 307 g/mol. The minimum absolute atomic E-state index is 0.154. The lowest BCUT2D eigenvalue weighted by atomic mass is 10.0. The Labute approximate surface area is 129 Å². The van der Waals surface area contributed by atoms with Crippen LogP contribution in [0.5, 0.6) is 0 Å². The van der Waals surface area contributed by atoms with Gasteiger partial charge in [0, 0.05) is 11.6 Å². The molecule has 2 aromatic rings. The van der Waals surface area contributed by atoms with E-state index in [-0.39, 0.29) is 16.9 Å². The molecule has 0 atom stereocenters. The monoisotopic (exact) mass is 307 g/mol. The first-order chi connectivity index (χ1) is 11.0. The summed E-state index contributed by atoms with van der Waals surface area (Å²) < 4.78 is 5.44. The number of carbonyl (C=O) groups excluding carboxylic acids is 3. The zero-order chi connectivity index (χ0) is 16.6. The standard InChI is InChI=1S/C16H8N2O5/c17-7-9(16(21)22)5-10-2-4-13(23-10)8-1-3-11-12(6-8)15(20)18-14(11)19/h1-6H,(H,21,22)(H,18,19,20)/p-1/b9-5-. The molecule has 7 heteroatoms. The van der Waals surface area contributed by atoms with E-state index in [1.165, 1.54) is 24.3 Å². The molecule has 0 spiro atoms. The highest BCUT2D eigenvalue weighted by Gasteiger charge is 2.27. The van der Waals surface area contributed by atoms with Gasteiger partial charge >= 0.3 is 0 Å². The summed E-state index contributed by atoms with van der Waals surface area (Å²) in [5.74, 6) is -2.02. The number of fused-ring (bicyclic) bond motifs is 1. The number of imide groups is 1. The molecule has 112 valence electrons. The molecule has 2 heterocycles. The highest BCUT2D eigenvalue weighted by Crippen LogP contribution is 2.27. The zero-order valence-electron chi connectivity index (χ0n) is 11.5. The summed E-state index contributed by atoms with van der Waals surface area (Å²) >= 11 is 0. The molecule has 2 amide bonds. The Morgan fingerprint density at radius 3 is 2.61 bits per heavy atom. The van der Waals surface area contributed by atoms with E-state index in [0.717, 1.165) is 6.08 Å². The van der Waals surface area contributed by atoms with Crippen LogP contribution in [-0.4, -0.2) is 17.8 Å². The zero-order valence-corrected chi connectivity index (χ0v) is 11.5. The van der Waals surface area contributed by atoms with Crippen molar-refractivity contribution >= 4 is 23.9 Å². The van der Waals surface area contributed by atoms with Crippen molar-refractivity contribution in [3.05, 3.63) is 52.8 Å². The second kappa shape index (κ2) is 5.27. The molecule has 0 bridgehead atoms. The molecule has 3 rings (SSSR count). The van der Waals surface area contributed by atoms with Gasteiger partial charge in [0.1, 0.15) is 17.6 Å². The van der Waals surface area contributed by atoms with Crippen LogP contribution in [0.25, 0.3) is 17.4 Å². The summed E-state index contributed by atoms with van der Waals surface area (Å²) in [6.45, 7) is 0. The Morgan fingerprint density at radius 2 is 1.91 bits per heavy atom. The van der Waals surface area contributed by atoms with Crippen molar-refractivity contribution in [2.45, 2.75) is 0 Å². The van der Waals surface area contributed by atoms with Crippen LogP contribution < -0.4 is 10.4 Å². The Hall–Kier alpha value is -3.66. The summed E-state index contributed by atoms with van der Waals surface area (Å²) in [5.41, 5.74) is 0.507. The van der Waals surface area contributed by atoms with Crippen molar-refractivity contribution in [3.8, 4) is 17.4 Å². The van der Waals surface area contributed by atoms with Crippen LogP contribution in [0.4, 0.5) is 0 Å². The summed E-state index contributed by atoms with van der Waals surface area (Å²) in [6.07, 6.45) is 1.04. The molecule has 0 radical (unpaired) electrons. The van der Waals surface area contributed by atoms with Gasteiger partial charge in [-0.1, -0.05) is 6.07 Å². The Kier molecular flexibility index (Phi) is 3.27. The highest BCUT2D eigenvalue weighted by molar-refractivity contribution is 6.21. The van der Waals surface area contributed by atoms with Gasteiger partial charge in [-0.3, -0.25) is 14.9 Å². The van der Waals surface area contributed by atoms with Gasteiger partial charge in [-0.15, -0.1) is 0 Å². The normalized spacial score (nSPS) is 13.4. The number of carboxylic acid groups (broad SMARTS) is 1. The number of aliphatic carboxylic acids is 1. The van der Waals surface area contributed by atoms with E-state index >= 15 is 0 Å². The SMILES string of the molecule is N#C/C(=C/c1ccc(-c2ccc3c(c2)C(=O)NC3=O)o1)C(=O)[O-]. The summed E-state index contributed by atoms with van der Waals surface area (Å²) in [5, 5.41) is 21.6. The first-order valence-electron chi connectivity index (χ1n) is 6.42. The minimum atomic E-state index is -1.60. The summed E-state index contributed by atoms with van der Waals surface area (Å²) in [6, 6.07) is 9.15. The van der Waals surface area contributed by atoms with E-state index in [4.69, 9.17) is 9.68 Å². The number of nitriles is 1. The molecule has 1 aromatic heterocycles. The number of hydrogen-bond acceptors (Lipinski definition) is 6.